The average Bonchev–Trinajstić information content (AvgIpc) is 3.28. The van der Waals surface area contributed by atoms with Gasteiger partial charge in [0.1, 0.15) is 11.2 Å². The molecule has 0 fully saturated rings. The van der Waals surface area contributed by atoms with Gasteiger partial charge in [0.05, 0.1) is 19.5 Å². The Kier molecular flexibility index (Phi) is 5.12. The van der Waals surface area contributed by atoms with Crippen LogP contribution in [0.4, 0.5) is 0 Å². The molecule has 2 heterocycles. The molecule has 6 rings (SSSR count). The van der Waals surface area contributed by atoms with Gasteiger partial charge in [0.2, 0.25) is 0 Å². The van der Waals surface area contributed by atoms with Gasteiger partial charge in [-0.1, -0.05) is 111 Å². The maximum absolute atomic E-state index is 6.66. The highest BCUT2D eigenvalue weighted by molar-refractivity contribution is 6.90. The summed E-state index contributed by atoms with van der Waals surface area (Å²) >= 11 is 0. The number of benzene rings is 4. The summed E-state index contributed by atoms with van der Waals surface area (Å²) in [4.78, 5) is 9.96. The van der Waals surface area contributed by atoms with Crippen LogP contribution >= 0.6 is 0 Å². The van der Waals surface area contributed by atoms with Crippen LogP contribution in [0.25, 0.3) is 55.8 Å². The van der Waals surface area contributed by atoms with Gasteiger partial charge in [0.15, 0.2) is 5.82 Å². The van der Waals surface area contributed by atoms with Crippen molar-refractivity contribution in [3.8, 4) is 33.9 Å². The van der Waals surface area contributed by atoms with E-state index in [0.29, 0.717) is 5.82 Å². The fourth-order valence-electron chi connectivity index (χ4n) is 4.67. The maximum Gasteiger partial charge on any atom is 0.160 e. The highest BCUT2D eigenvalue weighted by Crippen LogP contribution is 2.36. The number of hydrogen-bond acceptors (Lipinski definition) is 3. The zero-order chi connectivity index (χ0) is 24.0. The van der Waals surface area contributed by atoms with Gasteiger partial charge in [0.25, 0.3) is 0 Å². The van der Waals surface area contributed by atoms with E-state index in [1.807, 2.05) is 36.4 Å². The van der Waals surface area contributed by atoms with Crippen LogP contribution in [-0.2, 0) is 0 Å². The van der Waals surface area contributed by atoms with Crippen molar-refractivity contribution in [1.82, 2.24) is 9.97 Å². The fourth-order valence-corrected chi connectivity index (χ4v) is 6.13. The molecular weight excluding hydrogens is 444 g/mol. The lowest BCUT2D eigenvalue weighted by molar-refractivity contribution is 0.672. The standard InChI is InChI=1S/C31H26N2OSi/c1-35(2,3)28-19-11-17-24-23-16-10-18-25(29(23)34-30(24)28)27-20-26(21-12-6-4-7-13-21)32-31(33-27)22-14-8-5-9-15-22/h4-20H,1-3H3. The largest absolute Gasteiger partial charge is 0.455 e. The number of aromatic nitrogens is 2. The first kappa shape index (κ1) is 21.5. The molecule has 0 saturated carbocycles. The van der Waals surface area contributed by atoms with Gasteiger partial charge in [-0.2, -0.15) is 0 Å². The number of fused-ring (bicyclic) bond motifs is 3. The van der Waals surface area contributed by atoms with E-state index in [9.17, 15) is 0 Å². The molecule has 0 radical (unpaired) electrons. The highest BCUT2D eigenvalue weighted by atomic mass is 28.3. The fraction of sp³-hybridized carbons (Fsp3) is 0.0968. The molecule has 0 saturated heterocycles. The molecule has 0 aliphatic heterocycles. The van der Waals surface area contributed by atoms with Crippen molar-refractivity contribution >= 4 is 35.2 Å². The normalized spacial score (nSPS) is 11.9. The number of rotatable bonds is 4. The van der Waals surface area contributed by atoms with Gasteiger partial charge in [-0.25, -0.2) is 9.97 Å². The van der Waals surface area contributed by atoms with Gasteiger partial charge in [-0.3, -0.25) is 0 Å². The van der Waals surface area contributed by atoms with Crippen LogP contribution in [0.2, 0.25) is 19.6 Å². The lowest BCUT2D eigenvalue weighted by Crippen LogP contribution is -2.37. The molecule has 4 aromatic carbocycles. The summed E-state index contributed by atoms with van der Waals surface area (Å²) in [6.45, 7) is 7.08. The van der Waals surface area contributed by atoms with Crippen molar-refractivity contribution in [2.24, 2.45) is 0 Å². The Morgan fingerprint density at radius 1 is 0.571 bits per heavy atom. The monoisotopic (exact) mass is 470 g/mol. The maximum atomic E-state index is 6.66. The minimum Gasteiger partial charge on any atom is -0.455 e. The van der Waals surface area contributed by atoms with Crippen LogP contribution in [-0.4, -0.2) is 18.0 Å². The minimum atomic E-state index is -1.58. The molecule has 0 bridgehead atoms. The first-order chi connectivity index (χ1) is 17.0. The van der Waals surface area contributed by atoms with Crippen molar-refractivity contribution in [2.75, 3.05) is 0 Å². The van der Waals surface area contributed by atoms with E-state index in [-0.39, 0.29) is 0 Å². The third-order valence-corrected chi connectivity index (χ3v) is 8.45. The summed E-state index contributed by atoms with van der Waals surface area (Å²) in [6, 6.07) is 35.4. The van der Waals surface area contributed by atoms with E-state index < -0.39 is 8.07 Å². The highest BCUT2D eigenvalue weighted by Gasteiger charge is 2.23. The van der Waals surface area contributed by atoms with Crippen molar-refractivity contribution in [1.29, 1.82) is 0 Å². The van der Waals surface area contributed by atoms with Gasteiger partial charge in [0, 0.05) is 27.5 Å². The van der Waals surface area contributed by atoms with Crippen molar-refractivity contribution < 1.29 is 4.42 Å². The van der Waals surface area contributed by atoms with Gasteiger partial charge >= 0.3 is 0 Å². The van der Waals surface area contributed by atoms with E-state index in [1.165, 1.54) is 10.6 Å². The third kappa shape index (κ3) is 3.86. The molecule has 0 aliphatic rings. The Labute approximate surface area is 206 Å². The van der Waals surface area contributed by atoms with Crippen molar-refractivity contribution in [2.45, 2.75) is 19.6 Å². The Hall–Kier alpha value is -4.02. The number of furan rings is 1. The summed E-state index contributed by atoms with van der Waals surface area (Å²) < 4.78 is 6.66. The van der Waals surface area contributed by atoms with E-state index in [1.54, 1.807) is 0 Å². The molecule has 170 valence electrons. The van der Waals surface area contributed by atoms with Crippen LogP contribution in [0.5, 0.6) is 0 Å². The number of hydrogen-bond donors (Lipinski definition) is 0. The molecule has 0 atom stereocenters. The third-order valence-electron chi connectivity index (χ3n) is 6.44. The van der Waals surface area contributed by atoms with Crippen molar-refractivity contribution in [3.05, 3.63) is 103 Å². The second kappa shape index (κ2) is 8.33. The Morgan fingerprint density at radius 2 is 1.17 bits per heavy atom. The predicted octanol–water partition coefficient (Wildman–Crippen LogP) is 7.92. The molecule has 0 N–H and O–H groups in total. The van der Waals surface area contributed by atoms with Gasteiger partial charge in [-0.05, 0) is 17.3 Å². The smallest absolute Gasteiger partial charge is 0.160 e. The molecule has 0 spiro atoms. The van der Waals surface area contributed by atoms with Crippen LogP contribution in [0, 0.1) is 0 Å². The Bertz CT molecular complexity index is 1610. The molecule has 3 nitrogen and oxygen atoms in total. The molecule has 0 amide bonds. The SMILES string of the molecule is C[Si](C)(C)c1cccc2c1oc1c(-c3cc(-c4ccccc4)nc(-c4ccccc4)n3)cccc12. The molecule has 0 aliphatic carbocycles. The van der Waals surface area contributed by atoms with E-state index in [4.69, 9.17) is 14.4 Å². The van der Waals surface area contributed by atoms with Gasteiger partial charge < -0.3 is 4.42 Å². The summed E-state index contributed by atoms with van der Waals surface area (Å²) in [7, 11) is -1.58. The second-order valence-corrected chi connectivity index (χ2v) is 14.9. The van der Waals surface area contributed by atoms with Crippen LogP contribution < -0.4 is 5.19 Å². The van der Waals surface area contributed by atoms with Crippen LogP contribution in [0.15, 0.2) is 108 Å². The van der Waals surface area contributed by atoms with Crippen molar-refractivity contribution in [3.63, 3.8) is 0 Å². The molecular formula is C31H26N2OSi. The molecule has 4 heteroatoms. The first-order valence-electron chi connectivity index (χ1n) is 11.9. The zero-order valence-electron chi connectivity index (χ0n) is 20.1. The summed E-state index contributed by atoms with van der Waals surface area (Å²) in [6.07, 6.45) is 0. The second-order valence-electron chi connectivity index (χ2n) is 9.91. The lowest BCUT2D eigenvalue weighted by atomic mass is 10.0. The van der Waals surface area contributed by atoms with Crippen LogP contribution in [0.1, 0.15) is 0 Å². The Morgan fingerprint density at radius 3 is 1.86 bits per heavy atom. The summed E-state index contributed by atoms with van der Waals surface area (Å²) in [5, 5.41) is 3.64. The minimum absolute atomic E-state index is 0.706. The van der Waals surface area contributed by atoms with Crippen LogP contribution in [0.3, 0.4) is 0 Å². The average molecular weight is 471 g/mol. The Balaban J connectivity index is 1.63. The lowest BCUT2D eigenvalue weighted by Gasteiger charge is -2.16. The van der Waals surface area contributed by atoms with E-state index >= 15 is 0 Å². The number of nitrogens with zero attached hydrogens (tertiary/aromatic N) is 2. The molecule has 6 aromatic rings. The molecule has 2 aromatic heterocycles. The molecule has 35 heavy (non-hydrogen) atoms. The quantitative estimate of drug-likeness (QED) is 0.246. The zero-order valence-corrected chi connectivity index (χ0v) is 21.1. The van der Waals surface area contributed by atoms with E-state index in [0.717, 1.165) is 44.6 Å². The number of para-hydroxylation sites is 2. The topological polar surface area (TPSA) is 38.9 Å². The predicted molar refractivity (Wildman–Crippen MR) is 149 cm³/mol. The van der Waals surface area contributed by atoms with E-state index in [2.05, 4.69) is 86.4 Å². The first-order valence-corrected chi connectivity index (χ1v) is 15.4. The van der Waals surface area contributed by atoms with Gasteiger partial charge in [-0.15, -0.1) is 0 Å². The summed E-state index contributed by atoms with van der Waals surface area (Å²) in [5.74, 6) is 0.706. The summed E-state index contributed by atoms with van der Waals surface area (Å²) in [5.41, 5.74) is 6.68. The molecule has 0 unspecified atom stereocenters.